The molecule has 0 aromatic heterocycles. The van der Waals surface area contributed by atoms with Gasteiger partial charge in [0.2, 0.25) is 0 Å². The monoisotopic (exact) mass is 790 g/mol. The Morgan fingerprint density at radius 2 is 0.638 bits per heavy atom. The Morgan fingerprint density at radius 3 is 0.851 bits per heavy atom. The molecule has 0 radical (unpaired) electrons. The average Bonchev–Trinajstić information content (AvgIpc) is 3.03. The van der Waals surface area contributed by atoms with Crippen molar-refractivity contribution < 1.29 is 57.7 Å². The van der Waals surface area contributed by atoms with Gasteiger partial charge >= 0.3 is 288 Å². The summed E-state index contributed by atoms with van der Waals surface area (Å²) in [7, 11) is -8.19. The van der Waals surface area contributed by atoms with E-state index < -0.39 is 32.3 Å². The van der Waals surface area contributed by atoms with E-state index in [-0.39, 0.29) is 40.6 Å². The van der Waals surface area contributed by atoms with Gasteiger partial charge in [-0.25, -0.2) is 0 Å². The van der Waals surface area contributed by atoms with Crippen LogP contribution >= 0.6 is 0 Å². The van der Waals surface area contributed by atoms with Gasteiger partial charge in [0.1, 0.15) is 0 Å². The van der Waals surface area contributed by atoms with Gasteiger partial charge in [-0.15, -0.1) is 0 Å². The summed E-state index contributed by atoms with van der Waals surface area (Å²) in [5, 5.41) is 10.0. The fourth-order valence-electron chi connectivity index (χ4n) is 7.88. The average molecular weight is 792 g/mol. The van der Waals surface area contributed by atoms with Gasteiger partial charge < -0.3 is 37.2 Å². The normalized spacial score (nSPS) is 15.3. The minimum absolute atomic E-state index is 0. The molecule has 0 nitrogen and oxygen atoms in total. The van der Waals surface area contributed by atoms with Crippen LogP contribution in [-0.4, -0.2) is 32.3 Å². The Kier molecular flexibility index (Phi) is 14.3. The van der Waals surface area contributed by atoms with Crippen molar-refractivity contribution in [2.24, 2.45) is 0 Å². The van der Waals surface area contributed by atoms with Gasteiger partial charge in [0.15, 0.2) is 0 Å². The van der Waals surface area contributed by atoms with Crippen LogP contribution in [0.2, 0.25) is 62.3 Å². The first kappa shape index (κ1) is 44.6. The van der Waals surface area contributed by atoms with Crippen molar-refractivity contribution in [3.63, 3.8) is 0 Å². The molecule has 254 valence electrons. The van der Waals surface area contributed by atoms with Gasteiger partial charge in [0.25, 0.3) is 0 Å². The van der Waals surface area contributed by atoms with Crippen molar-refractivity contribution >= 4 is 63.4 Å². The molecular formula is C39H57Cl3Si4Ti. The molecule has 1 aliphatic carbocycles. The van der Waals surface area contributed by atoms with Crippen molar-refractivity contribution in [3.05, 3.63) is 93.6 Å². The number of aryl methyl sites for hydroxylation is 3. The van der Waals surface area contributed by atoms with Gasteiger partial charge in [-0.1, -0.05) is 0 Å². The number of hydrogen-bond acceptors (Lipinski definition) is 0. The third-order valence-corrected chi connectivity index (χ3v) is 25.9. The molecule has 0 saturated heterocycles. The Balaban J connectivity index is 0.00000368. The summed E-state index contributed by atoms with van der Waals surface area (Å²) in [4.78, 5) is 0. The molecule has 0 unspecified atom stereocenters. The standard InChI is InChI=1S/C39H57Si4.3ClH.Ti/c1-26-17-20-33(40(8,9)10)36(23-26)43(39-31(6)29(4)30(5)32(39)7,37-24-27(2)18-21-34(37)41(11,12)13)38-25-28(3)19-22-35(38)42(14,15)16;;;;/h17-25H,1-16H3;3*1H;/q;;;;+3/p-3. The predicted molar refractivity (Wildman–Crippen MR) is 207 cm³/mol. The third kappa shape index (κ3) is 7.48. The van der Waals surface area contributed by atoms with Crippen LogP contribution in [-0.2, 0) is 20.4 Å². The van der Waals surface area contributed by atoms with Gasteiger partial charge in [0.05, 0.1) is 0 Å². The SMILES string of the molecule is CC1=C(C)[C]([Ti+3])([Si](c2cc(C)ccc2[Si](C)(C)C)(c2cc(C)ccc2[Si](C)(C)C)c2cc(C)ccc2[Si](C)(C)C)C(C)=C1C.[Cl-].[Cl-].[Cl-]. The molecule has 47 heavy (non-hydrogen) atoms. The number of hydrogen-bond donors (Lipinski definition) is 0. The maximum Gasteiger partial charge on any atom is -1.00 e. The predicted octanol–water partition coefficient (Wildman–Crippen LogP) is -1.34. The van der Waals surface area contributed by atoms with E-state index in [0.717, 1.165) is 0 Å². The first-order valence-corrected chi connectivity index (χ1v) is 29.7. The van der Waals surface area contributed by atoms with E-state index >= 15 is 0 Å². The molecule has 0 aliphatic heterocycles. The number of allylic oxidation sites excluding steroid dienone is 4. The second-order valence-corrected chi connectivity index (χ2v) is 37.8. The van der Waals surface area contributed by atoms with Crippen LogP contribution in [0.3, 0.4) is 0 Å². The molecule has 0 fully saturated rings. The van der Waals surface area contributed by atoms with Crippen molar-refractivity contribution in [1.82, 2.24) is 0 Å². The van der Waals surface area contributed by atoms with Gasteiger partial charge in [-0.3, -0.25) is 0 Å². The van der Waals surface area contributed by atoms with E-state index in [0.29, 0.717) is 0 Å². The zero-order valence-electron chi connectivity index (χ0n) is 31.8. The molecule has 0 amide bonds. The topological polar surface area (TPSA) is 0 Å². The van der Waals surface area contributed by atoms with Crippen molar-refractivity contribution in [3.8, 4) is 0 Å². The van der Waals surface area contributed by atoms with Crippen molar-refractivity contribution in [1.29, 1.82) is 0 Å². The van der Waals surface area contributed by atoms with Crippen LogP contribution in [0.25, 0.3) is 0 Å². The van der Waals surface area contributed by atoms with Gasteiger partial charge in [-0.05, 0) is 0 Å². The van der Waals surface area contributed by atoms with E-state index in [1.165, 1.54) is 27.8 Å². The summed E-state index contributed by atoms with van der Waals surface area (Å²) in [6.45, 7) is 40.0. The summed E-state index contributed by atoms with van der Waals surface area (Å²) in [5.74, 6) is 0. The Morgan fingerprint density at radius 1 is 0.404 bits per heavy atom. The molecule has 0 N–H and O–H groups in total. The summed E-state index contributed by atoms with van der Waals surface area (Å²) in [6, 6.07) is 22.9. The van der Waals surface area contributed by atoms with Crippen molar-refractivity contribution in [2.75, 3.05) is 0 Å². The van der Waals surface area contributed by atoms with E-state index in [1.807, 2.05) is 0 Å². The zero-order chi connectivity index (χ0) is 33.4. The molecule has 0 heterocycles. The fourth-order valence-corrected chi connectivity index (χ4v) is 26.2. The summed E-state index contributed by atoms with van der Waals surface area (Å²) < 4.78 is -0.103. The van der Waals surface area contributed by atoms with E-state index in [2.05, 4.69) is 182 Å². The maximum atomic E-state index is 2.69. The van der Waals surface area contributed by atoms with Crippen LogP contribution in [0, 0.1) is 20.8 Å². The number of rotatable bonds is 7. The van der Waals surface area contributed by atoms with Crippen LogP contribution < -0.4 is 68.3 Å². The van der Waals surface area contributed by atoms with E-state index in [4.69, 9.17) is 0 Å². The maximum absolute atomic E-state index is 2.89. The van der Waals surface area contributed by atoms with E-state index in [9.17, 15) is 0 Å². The minimum Gasteiger partial charge on any atom is -1.00 e. The largest absolute Gasteiger partial charge is 1.00 e. The molecule has 3 aromatic carbocycles. The summed E-state index contributed by atoms with van der Waals surface area (Å²) in [5.41, 5.74) is 10.4. The van der Waals surface area contributed by atoms with Crippen LogP contribution in [0.15, 0.2) is 76.9 Å². The quantitative estimate of drug-likeness (QED) is 0.206. The Bertz CT molecular complexity index is 1520. The number of halogens is 3. The molecule has 4 rings (SSSR count). The van der Waals surface area contributed by atoms with Crippen molar-refractivity contribution in [2.45, 2.75) is 111 Å². The molecule has 0 spiro atoms. The molecule has 3 aromatic rings. The number of benzene rings is 3. The molecule has 0 saturated carbocycles. The molecule has 0 atom stereocenters. The van der Waals surface area contributed by atoms with Crippen LogP contribution in [0.4, 0.5) is 0 Å². The molecule has 8 heteroatoms. The van der Waals surface area contributed by atoms with Gasteiger partial charge in [0, 0.05) is 0 Å². The van der Waals surface area contributed by atoms with E-state index in [1.54, 1.807) is 42.3 Å². The third-order valence-electron chi connectivity index (χ3n) is 10.5. The molecule has 1 aliphatic rings. The first-order chi connectivity index (χ1) is 20.0. The summed E-state index contributed by atoms with van der Waals surface area (Å²) in [6.07, 6.45) is 0. The zero-order valence-corrected chi connectivity index (χ0v) is 39.7. The second-order valence-electron chi connectivity index (χ2n) is 16.9. The van der Waals surface area contributed by atoms with Gasteiger partial charge in [-0.2, -0.15) is 0 Å². The van der Waals surface area contributed by atoms with Crippen LogP contribution in [0.5, 0.6) is 0 Å². The first-order valence-electron chi connectivity index (χ1n) is 16.5. The van der Waals surface area contributed by atoms with Crippen LogP contribution in [0.1, 0.15) is 44.4 Å². The molecular weight excluding hydrogens is 735 g/mol. The fraction of sp³-hybridized carbons (Fsp3) is 0.436. The Hall–Kier alpha value is -0.408. The minimum atomic E-state index is -2.89. The summed E-state index contributed by atoms with van der Waals surface area (Å²) >= 11 is 2.69. The second kappa shape index (κ2) is 15.1. The Labute approximate surface area is 322 Å². The smallest absolute Gasteiger partial charge is 1.00 e. The molecule has 0 bridgehead atoms.